The van der Waals surface area contributed by atoms with Crippen LogP contribution in [0.15, 0.2) is 17.1 Å². The summed E-state index contributed by atoms with van der Waals surface area (Å²) in [6.45, 7) is 0.257. The summed E-state index contributed by atoms with van der Waals surface area (Å²) in [5, 5.41) is 10.8. The lowest BCUT2D eigenvalue weighted by Gasteiger charge is -2.32. The van der Waals surface area contributed by atoms with E-state index in [1.54, 1.807) is 0 Å². The second kappa shape index (κ2) is 5.73. The van der Waals surface area contributed by atoms with Crippen LogP contribution in [-0.2, 0) is 9.47 Å². The summed E-state index contributed by atoms with van der Waals surface area (Å²) in [4.78, 5) is 15.3. The minimum atomic E-state index is -1.05. The van der Waals surface area contributed by atoms with Gasteiger partial charge in [0.05, 0.1) is 12.7 Å². The smallest absolute Gasteiger partial charge is 0.301 e. The first kappa shape index (κ1) is 15.4. The van der Waals surface area contributed by atoms with Crippen molar-refractivity contribution in [3.8, 4) is 6.01 Å². The Bertz CT molecular complexity index is 645. The molecular weight excluding hydrogens is 324 g/mol. The second-order valence-corrected chi connectivity index (χ2v) is 6.69. The lowest BCUT2D eigenvalue weighted by molar-refractivity contribution is -0.182. The highest BCUT2D eigenvalue weighted by atomic mass is 35.5. The predicted molar refractivity (Wildman–Crippen MR) is 80.4 cm³/mol. The molecule has 0 bridgehead atoms. The van der Waals surface area contributed by atoms with Gasteiger partial charge in [0.25, 0.3) is 5.56 Å². The van der Waals surface area contributed by atoms with Crippen molar-refractivity contribution in [2.24, 2.45) is 5.92 Å². The molecule has 1 saturated carbocycles. The van der Waals surface area contributed by atoms with Gasteiger partial charge in [-0.15, -0.1) is 11.6 Å². The zero-order chi connectivity index (χ0) is 16.0. The normalized spacial score (nSPS) is 35.2. The summed E-state index contributed by atoms with van der Waals surface area (Å²) in [7, 11) is 0. The maximum atomic E-state index is 11.5. The summed E-state index contributed by atoms with van der Waals surface area (Å²) in [6.07, 6.45) is 3.22. The van der Waals surface area contributed by atoms with Gasteiger partial charge in [-0.3, -0.25) is 9.36 Å². The maximum absolute atomic E-state index is 11.5. The Morgan fingerprint density at radius 3 is 2.83 bits per heavy atom. The van der Waals surface area contributed by atoms with Crippen molar-refractivity contribution in [1.29, 1.82) is 0 Å². The summed E-state index contributed by atoms with van der Waals surface area (Å²) < 4.78 is 19.4. The molecular formula is C15H19ClN2O5. The molecule has 0 unspecified atom stereocenters. The van der Waals surface area contributed by atoms with E-state index in [0.29, 0.717) is 5.88 Å². The summed E-state index contributed by atoms with van der Waals surface area (Å²) in [5.74, 6) is -0.468. The number of nitrogens with zero attached hydrogens (tertiary/aromatic N) is 2. The Labute approximate surface area is 138 Å². The number of aliphatic hydroxyl groups excluding tert-OH is 1. The van der Waals surface area contributed by atoms with E-state index < -0.39 is 23.7 Å². The van der Waals surface area contributed by atoms with Crippen molar-refractivity contribution >= 4 is 11.6 Å². The highest BCUT2D eigenvalue weighted by Crippen LogP contribution is 2.46. The number of aliphatic hydroxyl groups is 1. The number of hydrogen-bond acceptors (Lipinski definition) is 6. The zero-order valence-electron chi connectivity index (χ0n) is 12.6. The first-order valence-corrected chi connectivity index (χ1v) is 8.47. The summed E-state index contributed by atoms with van der Waals surface area (Å²) in [6, 6.07) is 1.36. The van der Waals surface area contributed by atoms with Crippen LogP contribution in [0.3, 0.4) is 0 Å². The SMILES string of the molecule is O=c1ccn2c(n1)OC[C@H](CCl)[C@H]1OC3(CCCC3)O[C@H]1[C@H]2O. The van der Waals surface area contributed by atoms with Crippen molar-refractivity contribution in [2.45, 2.75) is 49.9 Å². The van der Waals surface area contributed by atoms with Gasteiger partial charge in [-0.2, -0.15) is 4.98 Å². The van der Waals surface area contributed by atoms with E-state index in [1.165, 1.54) is 16.8 Å². The molecule has 1 aromatic heterocycles. The van der Waals surface area contributed by atoms with Crippen LogP contribution in [0.1, 0.15) is 31.9 Å². The van der Waals surface area contributed by atoms with Crippen LogP contribution in [0.2, 0.25) is 0 Å². The number of fused-ring (bicyclic) bond motifs is 2. The van der Waals surface area contributed by atoms with Crippen LogP contribution >= 0.6 is 11.6 Å². The minimum Gasteiger partial charge on any atom is -0.464 e. The third-order valence-corrected chi connectivity index (χ3v) is 5.26. The Morgan fingerprint density at radius 2 is 2.09 bits per heavy atom. The van der Waals surface area contributed by atoms with Crippen LogP contribution in [0.5, 0.6) is 6.01 Å². The van der Waals surface area contributed by atoms with Gasteiger partial charge in [-0.05, 0) is 12.8 Å². The quantitative estimate of drug-likeness (QED) is 0.768. The standard InChI is InChI=1S/C15H19ClN2O5/c16-7-9-8-21-14-17-10(19)3-6-18(14)13(20)12-11(9)22-15(23-12)4-1-2-5-15/h3,6,9,11-13,20H,1-2,4-5,7-8H2/t9-,11+,12+,13+/m0/s1. The first-order chi connectivity index (χ1) is 11.1. The third kappa shape index (κ3) is 2.55. The van der Waals surface area contributed by atoms with Gasteiger partial charge in [0, 0.05) is 36.9 Å². The molecule has 1 N–H and O–H groups in total. The first-order valence-electron chi connectivity index (χ1n) is 7.93. The van der Waals surface area contributed by atoms with E-state index in [-0.39, 0.29) is 24.6 Å². The van der Waals surface area contributed by atoms with Gasteiger partial charge in [-0.1, -0.05) is 0 Å². The number of hydrogen-bond donors (Lipinski definition) is 1. The van der Waals surface area contributed by atoms with E-state index in [4.69, 9.17) is 25.8 Å². The fraction of sp³-hybridized carbons (Fsp3) is 0.733. The van der Waals surface area contributed by atoms with Crippen LogP contribution in [-0.4, -0.2) is 45.1 Å². The topological polar surface area (TPSA) is 82.8 Å². The Kier molecular flexibility index (Phi) is 3.84. The average molecular weight is 343 g/mol. The van der Waals surface area contributed by atoms with Crippen LogP contribution in [0.4, 0.5) is 0 Å². The number of halogens is 1. The monoisotopic (exact) mass is 342 g/mol. The van der Waals surface area contributed by atoms with Crippen molar-refractivity contribution in [1.82, 2.24) is 9.55 Å². The molecule has 3 heterocycles. The number of rotatable bonds is 1. The van der Waals surface area contributed by atoms with Gasteiger partial charge >= 0.3 is 6.01 Å². The molecule has 1 aromatic rings. The molecule has 4 atom stereocenters. The van der Waals surface area contributed by atoms with Crippen LogP contribution in [0, 0.1) is 5.92 Å². The zero-order valence-corrected chi connectivity index (χ0v) is 13.3. The van der Waals surface area contributed by atoms with E-state index in [9.17, 15) is 9.90 Å². The summed E-state index contributed by atoms with van der Waals surface area (Å²) in [5.41, 5.74) is -0.418. The fourth-order valence-corrected chi connectivity index (χ4v) is 3.94. The summed E-state index contributed by atoms with van der Waals surface area (Å²) >= 11 is 6.09. The lowest BCUT2D eigenvalue weighted by atomic mass is 9.99. The highest BCUT2D eigenvalue weighted by Gasteiger charge is 2.54. The molecule has 23 heavy (non-hydrogen) atoms. The molecule has 1 spiro atoms. The number of alkyl halides is 1. The van der Waals surface area contributed by atoms with E-state index >= 15 is 0 Å². The van der Waals surface area contributed by atoms with E-state index in [2.05, 4.69) is 4.98 Å². The van der Waals surface area contributed by atoms with Gasteiger partial charge in [0.15, 0.2) is 12.0 Å². The molecule has 1 saturated heterocycles. The van der Waals surface area contributed by atoms with Crippen molar-refractivity contribution < 1.29 is 19.3 Å². The van der Waals surface area contributed by atoms with Crippen LogP contribution < -0.4 is 10.3 Å². The number of ether oxygens (including phenoxy) is 3. The van der Waals surface area contributed by atoms with E-state index in [1.807, 2.05) is 0 Å². The molecule has 0 amide bonds. The molecule has 1 aliphatic carbocycles. The molecule has 0 aromatic carbocycles. The fourth-order valence-electron chi connectivity index (χ4n) is 3.67. The molecule has 8 heteroatoms. The average Bonchev–Trinajstić information content (AvgIpc) is 3.14. The Morgan fingerprint density at radius 1 is 1.35 bits per heavy atom. The molecule has 0 radical (unpaired) electrons. The molecule has 2 fully saturated rings. The van der Waals surface area contributed by atoms with Crippen LogP contribution in [0.25, 0.3) is 0 Å². The molecule has 126 valence electrons. The Balaban J connectivity index is 1.73. The third-order valence-electron chi connectivity index (χ3n) is 4.86. The van der Waals surface area contributed by atoms with Crippen molar-refractivity contribution in [2.75, 3.05) is 12.5 Å². The Hall–Kier alpha value is -1.15. The van der Waals surface area contributed by atoms with Crippen molar-refractivity contribution in [3.63, 3.8) is 0 Å². The molecule has 4 rings (SSSR count). The van der Waals surface area contributed by atoms with E-state index in [0.717, 1.165) is 25.7 Å². The second-order valence-electron chi connectivity index (χ2n) is 6.38. The predicted octanol–water partition coefficient (Wildman–Crippen LogP) is 1.04. The maximum Gasteiger partial charge on any atom is 0.301 e. The van der Waals surface area contributed by atoms with Crippen molar-refractivity contribution in [3.05, 3.63) is 22.6 Å². The van der Waals surface area contributed by atoms with Gasteiger partial charge < -0.3 is 19.3 Å². The molecule has 2 aliphatic heterocycles. The molecule has 7 nitrogen and oxygen atoms in total. The van der Waals surface area contributed by atoms with Gasteiger partial charge in [0.2, 0.25) is 0 Å². The minimum absolute atomic E-state index is 0.0783. The largest absolute Gasteiger partial charge is 0.464 e. The number of aromatic nitrogens is 2. The van der Waals surface area contributed by atoms with Gasteiger partial charge in [-0.25, -0.2) is 0 Å². The lowest BCUT2D eigenvalue weighted by Crippen LogP contribution is -2.43. The van der Waals surface area contributed by atoms with Gasteiger partial charge in [0.1, 0.15) is 6.10 Å². The highest BCUT2D eigenvalue weighted by molar-refractivity contribution is 6.18. The molecule has 3 aliphatic rings.